The van der Waals surface area contributed by atoms with Crippen molar-refractivity contribution < 1.29 is 5.11 Å². The van der Waals surface area contributed by atoms with E-state index in [4.69, 9.17) is 5.73 Å². The van der Waals surface area contributed by atoms with E-state index in [1.807, 2.05) is 25.9 Å². The fourth-order valence-electron chi connectivity index (χ4n) is 1.50. The van der Waals surface area contributed by atoms with Gasteiger partial charge in [0, 0.05) is 27.2 Å². The molecule has 1 heterocycles. The third-order valence-electron chi connectivity index (χ3n) is 2.27. The van der Waals surface area contributed by atoms with Gasteiger partial charge in [0.1, 0.15) is 0 Å². The van der Waals surface area contributed by atoms with Crippen molar-refractivity contribution in [2.24, 2.45) is 0 Å². The second-order valence-corrected chi connectivity index (χ2v) is 5.01. The largest absolute Gasteiger partial charge is 0.389 e. The van der Waals surface area contributed by atoms with Gasteiger partial charge in [-0.15, -0.1) is 0 Å². The van der Waals surface area contributed by atoms with Crippen molar-refractivity contribution in [1.82, 2.24) is 15.0 Å². The molecule has 0 saturated heterocycles. The summed E-state index contributed by atoms with van der Waals surface area (Å²) < 4.78 is 0. The summed E-state index contributed by atoms with van der Waals surface area (Å²) >= 11 is 0. The number of nitrogen functional groups attached to an aromatic ring is 1. The van der Waals surface area contributed by atoms with E-state index in [1.165, 1.54) is 0 Å². The lowest BCUT2D eigenvalue weighted by Gasteiger charge is -2.28. The maximum Gasteiger partial charge on any atom is 0.232 e. The lowest BCUT2D eigenvalue weighted by Crippen LogP contribution is -2.39. The average molecular weight is 254 g/mol. The molecule has 0 aliphatic rings. The molecule has 0 amide bonds. The first-order valence-electron chi connectivity index (χ1n) is 5.89. The lowest BCUT2D eigenvalue weighted by atomic mass is 10.1. The Labute approximate surface area is 108 Å². The molecular weight excluding hydrogens is 232 g/mol. The zero-order chi connectivity index (χ0) is 13.9. The SMILES string of the molecule is CCN(CC(C)(C)O)c1nc(N)nc(N(C)C)n1. The molecule has 0 fully saturated rings. The molecule has 0 unspecified atom stereocenters. The molecule has 1 aromatic heterocycles. The molecule has 1 rings (SSSR count). The lowest BCUT2D eigenvalue weighted by molar-refractivity contribution is 0.0872. The van der Waals surface area contributed by atoms with E-state index in [1.54, 1.807) is 18.7 Å². The summed E-state index contributed by atoms with van der Waals surface area (Å²) in [6.45, 7) is 6.57. The number of aromatic nitrogens is 3. The Kier molecular flexibility index (Phi) is 4.28. The van der Waals surface area contributed by atoms with Crippen molar-refractivity contribution in [3.63, 3.8) is 0 Å². The molecule has 0 bridgehead atoms. The van der Waals surface area contributed by atoms with E-state index in [9.17, 15) is 5.11 Å². The number of aliphatic hydroxyl groups is 1. The first kappa shape index (κ1) is 14.4. The summed E-state index contributed by atoms with van der Waals surface area (Å²) in [6, 6.07) is 0. The predicted octanol–water partition coefficient (Wildman–Crippen LogP) is 0.117. The molecule has 0 aliphatic carbocycles. The Bertz CT molecular complexity index is 401. The monoisotopic (exact) mass is 254 g/mol. The first-order chi connectivity index (χ1) is 8.23. The highest BCUT2D eigenvalue weighted by Gasteiger charge is 2.20. The van der Waals surface area contributed by atoms with Crippen LogP contribution in [-0.2, 0) is 0 Å². The minimum absolute atomic E-state index is 0.179. The van der Waals surface area contributed by atoms with Crippen molar-refractivity contribution in [3.05, 3.63) is 0 Å². The Morgan fingerprint density at radius 2 is 1.72 bits per heavy atom. The second kappa shape index (κ2) is 5.34. The molecule has 7 nitrogen and oxygen atoms in total. The van der Waals surface area contributed by atoms with Gasteiger partial charge >= 0.3 is 0 Å². The van der Waals surface area contributed by atoms with Crippen LogP contribution in [0.2, 0.25) is 0 Å². The van der Waals surface area contributed by atoms with Crippen molar-refractivity contribution in [1.29, 1.82) is 0 Å². The van der Waals surface area contributed by atoms with Crippen molar-refractivity contribution in [2.75, 3.05) is 42.7 Å². The van der Waals surface area contributed by atoms with Crippen LogP contribution in [0.3, 0.4) is 0 Å². The van der Waals surface area contributed by atoms with Crippen LogP contribution in [0.15, 0.2) is 0 Å². The number of nitrogens with zero attached hydrogens (tertiary/aromatic N) is 5. The predicted molar refractivity (Wildman–Crippen MR) is 72.8 cm³/mol. The molecule has 1 aromatic rings. The fraction of sp³-hybridized carbons (Fsp3) is 0.727. The Morgan fingerprint density at radius 3 is 2.17 bits per heavy atom. The van der Waals surface area contributed by atoms with Gasteiger partial charge in [-0.3, -0.25) is 0 Å². The van der Waals surface area contributed by atoms with E-state index in [2.05, 4.69) is 15.0 Å². The molecule has 7 heteroatoms. The third-order valence-corrected chi connectivity index (χ3v) is 2.27. The molecule has 0 spiro atoms. The highest BCUT2D eigenvalue weighted by Crippen LogP contribution is 2.16. The number of hydrogen-bond donors (Lipinski definition) is 2. The summed E-state index contributed by atoms with van der Waals surface area (Å²) in [6.07, 6.45) is 0. The van der Waals surface area contributed by atoms with Gasteiger partial charge < -0.3 is 20.6 Å². The molecule has 18 heavy (non-hydrogen) atoms. The van der Waals surface area contributed by atoms with Crippen LogP contribution >= 0.6 is 0 Å². The van der Waals surface area contributed by atoms with E-state index in [0.717, 1.165) is 0 Å². The van der Waals surface area contributed by atoms with Crippen molar-refractivity contribution >= 4 is 17.8 Å². The Balaban J connectivity index is 3.05. The van der Waals surface area contributed by atoms with Gasteiger partial charge in [0.25, 0.3) is 0 Å². The van der Waals surface area contributed by atoms with Crippen LogP contribution in [0.25, 0.3) is 0 Å². The van der Waals surface area contributed by atoms with Gasteiger partial charge in [-0.25, -0.2) is 0 Å². The quantitative estimate of drug-likeness (QED) is 0.771. The highest BCUT2D eigenvalue weighted by atomic mass is 16.3. The van der Waals surface area contributed by atoms with Crippen LogP contribution < -0.4 is 15.5 Å². The summed E-state index contributed by atoms with van der Waals surface area (Å²) in [5, 5.41) is 9.87. The summed E-state index contributed by atoms with van der Waals surface area (Å²) in [4.78, 5) is 16.1. The molecule has 102 valence electrons. The fourth-order valence-corrected chi connectivity index (χ4v) is 1.50. The van der Waals surface area contributed by atoms with Gasteiger partial charge in [-0.1, -0.05) is 0 Å². The zero-order valence-corrected chi connectivity index (χ0v) is 11.7. The number of likely N-dealkylation sites (N-methyl/N-ethyl adjacent to an activating group) is 1. The van der Waals surface area contributed by atoms with E-state index in [0.29, 0.717) is 25.0 Å². The molecule has 0 atom stereocenters. The van der Waals surface area contributed by atoms with Crippen LogP contribution in [0.1, 0.15) is 20.8 Å². The van der Waals surface area contributed by atoms with Gasteiger partial charge in [0.2, 0.25) is 17.8 Å². The van der Waals surface area contributed by atoms with Gasteiger partial charge in [0.05, 0.1) is 5.60 Å². The highest BCUT2D eigenvalue weighted by molar-refractivity contribution is 5.42. The minimum atomic E-state index is -0.824. The van der Waals surface area contributed by atoms with Crippen molar-refractivity contribution in [3.8, 4) is 0 Å². The van der Waals surface area contributed by atoms with Gasteiger partial charge in [-0.2, -0.15) is 15.0 Å². The number of hydrogen-bond acceptors (Lipinski definition) is 7. The molecular formula is C11H22N6O. The third kappa shape index (κ3) is 3.99. The maximum absolute atomic E-state index is 9.87. The van der Waals surface area contributed by atoms with E-state index in [-0.39, 0.29) is 5.95 Å². The second-order valence-electron chi connectivity index (χ2n) is 5.01. The molecule has 3 N–H and O–H groups in total. The first-order valence-corrected chi connectivity index (χ1v) is 5.89. The Morgan fingerprint density at radius 1 is 1.17 bits per heavy atom. The van der Waals surface area contributed by atoms with Crippen LogP contribution in [0.5, 0.6) is 0 Å². The normalized spacial score (nSPS) is 11.4. The zero-order valence-electron chi connectivity index (χ0n) is 11.7. The standard InChI is InChI=1S/C11H22N6O/c1-6-17(7-11(2,3)18)10-14-8(12)13-9(15-10)16(4)5/h18H,6-7H2,1-5H3,(H2,12,13,14,15). The topological polar surface area (TPSA) is 91.4 Å². The Hall–Kier alpha value is -1.63. The molecule has 0 aliphatic heterocycles. The summed E-state index contributed by atoms with van der Waals surface area (Å²) in [5.74, 6) is 1.17. The van der Waals surface area contributed by atoms with E-state index >= 15 is 0 Å². The number of anilines is 3. The van der Waals surface area contributed by atoms with Crippen molar-refractivity contribution in [2.45, 2.75) is 26.4 Å². The molecule has 0 radical (unpaired) electrons. The smallest absolute Gasteiger partial charge is 0.232 e. The summed E-state index contributed by atoms with van der Waals surface area (Å²) in [7, 11) is 3.68. The van der Waals surface area contributed by atoms with Crippen LogP contribution in [0.4, 0.5) is 17.8 Å². The number of rotatable bonds is 5. The maximum atomic E-state index is 9.87. The summed E-state index contributed by atoms with van der Waals surface area (Å²) in [5.41, 5.74) is 4.85. The minimum Gasteiger partial charge on any atom is -0.389 e. The van der Waals surface area contributed by atoms with E-state index < -0.39 is 5.60 Å². The van der Waals surface area contributed by atoms with Crippen LogP contribution in [0, 0.1) is 0 Å². The van der Waals surface area contributed by atoms with Gasteiger partial charge in [-0.05, 0) is 20.8 Å². The number of nitrogens with two attached hydrogens (primary N) is 1. The molecule has 0 saturated carbocycles. The molecule has 0 aromatic carbocycles. The van der Waals surface area contributed by atoms with Crippen LogP contribution in [-0.4, -0.2) is 52.8 Å². The van der Waals surface area contributed by atoms with Gasteiger partial charge in [0.15, 0.2) is 0 Å². The average Bonchev–Trinajstić information content (AvgIpc) is 2.23.